The fourth-order valence-electron chi connectivity index (χ4n) is 4.20. The highest BCUT2D eigenvalue weighted by Gasteiger charge is 2.30. The fraction of sp³-hybridized carbons (Fsp3) is 0.304. The van der Waals surface area contributed by atoms with Crippen molar-refractivity contribution in [2.75, 3.05) is 0 Å². The number of hydrogen-bond donors (Lipinski definition) is 1. The summed E-state index contributed by atoms with van der Waals surface area (Å²) >= 11 is 0. The summed E-state index contributed by atoms with van der Waals surface area (Å²) in [6, 6.07) is 18.0. The second-order valence-corrected chi connectivity index (χ2v) is 7.66. The first-order valence-electron chi connectivity index (χ1n) is 10.3. The Balaban J connectivity index is 1.59. The lowest BCUT2D eigenvalue weighted by Crippen LogP contribution is -2.32. The molecule has 152 valence electrons. The van der Waals surface area contributed by atoms with Gasteiger partial charge in [-0.25, -0.2) is 4.79 Å². The van der Waals surface area contributed by atoms with Gasteiger partial charge in [-0.1, -0.05) is 48.5 Å². The highest BCUT2D eigenvalue weighted by Crippen LogP contribution is 2.30. The van der Waals surface area contributed by atoms with Crippen LogP contribution in [-0.2, 0) is 4.74 Å². The molecular formula is C23H23N5O2. The third-order valence-corrected chi connectivity index (χ3v) is 5.63. The summed E-state index contributed by atoms with van der Waals surface area (Å²) in [6.07, 6.45) is 2.82. The van der Waals surface area contributed by atoms with Gasteiger partial charge >= 0.3 is 6.09 Å². The summed E-state index contributed by atoms with van der Waals surface area (Å²) in [7, 11) is 0. The van der Waals surface area contributed by atoms with Crippen LogP contribution in [0.3, 0.4) is 0 Å². The van der Waals surface area contributed by atoms with Gasteiger partial charge in [0.2, 0.25) is 0 Å². The molecular weight excluding hydrogens is 378 g/mol. The van der Waals surface area contributed by atoms with Crippen molar-refractivity contribution >= 4 is 11.8 Å². The summed E-state index contributed by atoms with van der Waals surface area (Å²) in [5, 5.41) is 11.5. The van der Waals surface area contributed by atoms with Crippen LogP contribution in [0.4, 0.5) is 4.79 Å². The molecule has 2 aromatic carbocycles. The largest absolute Gasteiger partial charge is 0.446 e. The van der Waals surface area contributed by atoms with Crippen molar-refractivity contribution in [1.82, 2.24) is 20.1 Å². The van der Waals surface area contributed by atoms with E-state index in [0.29, 0.717) is 5.82 Å². The van der Waals surface area contributed by atoms with Crippen LogP contribution in [-0.4, -0.2) is 32.7 Å². The van der Waals surface area contributed by atoms with Crippen molar-refractivity contribution < 1.29 is 9.53 Å². The molecule has 1 aromatic heterocycles. The Bertz CT molecular complexity index is 1100. The smallest absolute Gasteiger partial charge is 0.409 e. The molecule has 1 atom stereocenters. The van der Waals surface area contributed by atoms with Gasteiger partial charge in [-0.15, -0.1) is 10.2 Å². The van der Waals surface area contributed by atoms with E-state index < -0.39 is 12.3 Å². The number of para-hydroxylation sites is 1. The van der Waals surface area contributed by atoms with Crippen molar-refractivity contribution in [1.29, 1.82) is 0 Å². The molecule has 0 bridgehead atoms. The number of nitrogens with zero attached hydrogens (tertiary/aromatic N) is 4. The van der Waals surface area contributed by atoms with E-state index >= 15 is 0 Å². The van der Waals surface area contributed by atoms with Crippen LogP contribution < -0.4 is 5.32 Å². The number of aromatic nitrogens is 3. The SMILES string of the molecule is Cc1nnc2n1-c1ccccc1C(c1ccccc1)=NC2NC(=O)OC1CCCC1. The molecule has 1 aliphatic heterocycles. The summed E-state index contributed by atoms with van der Waals surface area (Å²) in [6.45, 7) is 1.90. The number of aryl methyl sites for hydroxylation is 1. The molecule has 5 rings (SSSR count). The number of fused-ring (bicyclic) bond motifs is 3. The van der Waals surface area contributed by atoms with E-state index in [-0.39, 0.29) is 6.10 Å². The normalized spacial score (nSPS) is 18.2. The molecule has 0 saturated heterocycles. The second-order valence-electron chi connectivity index (χ2n) is 7.66. The molecule has 2 heterocycles. The van der Waals surface area contributed by atoms with E-state index in [1.807, 2.05) is 66.1 Å². The van der Waals surface area contributed by atoms with Crippen LogP contribution in [0.5, 0.6) is 0 Å². The van der Waals surface area contributed by atoms with Crippen molar-refractivity contribution in [2.24, 2.45) is 4.99 Å². The number of rotatable bonds is 3. The Labute approximate surface area is 174 Å². The number of carbonyl (C=O) groups excluding carboxylic acids is 1. The van der Waals surface area contributed by atoms with Crippen molar-refractivity contribution in [3.8, 4) is 5.69 Å². The van der Waals surface area contributed by atoms with Gasteiger partial charge in [-0.3, -0.25) is 14.9 Å². The molecule has 7 heteroatoms. The van der Waals surface area contributed by atoms with Crippen LogP contribution >= 0.6 is 0 Å². The highest BCUT2D eigenvalue weighted by molar-refractivity contribution is 6.15. The van der Waals surface area contributed by atoms with Gasteiger partial charge in [0.25, 0.3) is 0 Å². The highest BCUT2D eigenvalue weighted by atomic mass is 16.6. The lowest BCUT2D eigenvalue weighted by Gasteiger charge is -2.17. The minimum absolute atomic E-state index is 0.0230. The van der Waals surface area contributed by atoms with Crippen LogP contribution in [0.25, 0.3) is 5.69 Å². The standard InChI is InChI=1S/C23H23N5O2/c1-15-26-27-22-21(25-23(29)30-17-11-5-6-12-17)24-20(16-9-3-2-4-10-16)18-13-7-8-14-19(18)28(15)22/h2-4,7-10,13-14,17,21H,5-6,11-12H2,1H3,(H,25,29). The van der Waals surface area contributed by atoms with Gasteiger partial charge in [0.05, 0.1) is 11.4 Å². The number of benzene rings is 2. The van der Waals surface area contributed by atoms with E-state index in [4.69, 9.17) is 9.73 Å². The van der Waals surface area contributed by atoms with Crippen LogP contribution in [0, 0.1) is 6.92 Å². The number of hydrogen-bond acceptors (Lipinski definition) is 5. The number of nitrogens with one attached hydrogen (secondary N) is 1. The molecule has 7 nitrogen and oxygen atoms in total. The topological polar surface area (TPSA) is 81.4 Å². The summed E-state index contributed by atoms with van der Waals surface area (Å²) < 4.78 is 7.57. The van der Waals surface area contributed by atoms with E-state index in [2.05, 4.69) is 15.5 Å². The maximum Gasteiger partial charge on any atom is 0.409 e. The molecule has 1 fully saturated rings. The third kappa shape index (κ3) is 3.36. The number of carbonyl (C=O) groups is 1. The molecule has 1 saturated carbocycles. The quantitative estimate of drug-likeness (QED) is 0.717. The predicted molar refractivity (Wildman–Crippen MR) is 113 cm³/mol. The van der Waals surface area contributed by atoms with Gasteiger partial charge in [-0.05, 0) is 38.7 Å². The number of ether oxygens (including phenoxy) is 1. The molecule has 1 unspecified atom stereocenters. The van der Waals surface area contributed by atoms with Gasteiger partial charge in [0.1, 0.15) is 11.9 Å². The Hall–Kier alpha value is -3.48. The van der Waals surface area contributed by atoms with Gasteiger partial charge < -0.3 is 4.74 Å². The van der Waals surface area contributed by atoms with Gasteiger partial charge in [0.15, 0.2) is 12.0 Å². The monoisotopic (exact) mass is 401 g/mol. The van der Waals surface area contributed by atoms with E-state index in [9.17, 15) is 4.79 Å². The van der Waals surface area contributed by atoms with E-state index in [0.717, 1.165) is 54.0 Å². The number of alkyl carbamates (subject to hydrolysis) is 1. The summed E-state index contributed by atoms with van der Waals surface area (Å²) in [5.41, 5.74) is 3.66. The average Bonchev–Trinajstić information content (AvgIpc) is 3.38. The lowest BCUT2D eigenvalue weighted by atomic mass is 10.0. The minimum atomic E-state index is -0.706. The first kappa shape index (κ1) is 18.5. The average molecular weight is 401 g/mol. The van der Waals surface area contributed by atoms with Gasteiger partial charge in [-0.2, -0.15) is 0 Å². The zero-order chi connectivity index (χ0) is 20.5. The maximum atomic E-state index is 12.7. The molecule has 3 aromatic rings. The predicted octanol–water partition coefficient (Wildman–Crippen LogP) is 4.09. The van der Waals surface area contributed by atoms with Crippen LogP contribution in [0.15, 0.2) is 59.6 Å². The third-order valence-electron chi connectivity index (χ3n) is 5.63. The summed E-state index contributed by atoms with van der Waals surface area (Å²) in [4.78, 5) is 17.6. The second kappa shape index (κ2) is 7.74. The van der Waals surface area contributed by atoms with Crippen molar-refractivity contribution in [3.63, 3.8) is 0 Å². The minimum Gasteiger partial charge on any atom is -0.446 e. The molecule has 1 amide bonds. The molecule has 2 aliphatic rings. The van der Waals surface area contributed by atoms with E-state index in [1.165, 1.54) is 0 Å². The lowest BCUT2D eigenvalue weighted by molar-refractivity contribution is 0.0977. The number of aliphatic imine (C=N–C) groups is 1. The van der Waals surface area contributed by atoms with Crippen molar-refractivity contribution in [2.45, 2.75) is 44.9 Å². The van der Waals surface area contributed by atoms with Gasteiger partial charge in [0, 0.05) is 11.1 Å². The van der Waals surface area contributed by atoms with Crippen LogP contribution in [0.2, 0.25) is 0 Å². The first-order chi connectivity index (χ1) is 14.7. The molecule has 1 N–H and O–H groups in total. The zero-order valence-corrected chi connectivity index (χ0v) is 16.8. The van der Waals surface area contributed by atoms with E-state index in [1.54, 1.807) is 0 Å². The first-order valence-corrected chi connectivity index (χ1v) is 10.3. The summed E-state index contributed by atoms with van der Waals surface area (Å²) in [5.74, 6) is 1.30. The Kier molecular flexibility index (Phi) is 4.78. The van der Waals surface area contributed by atoms with Crippen LogP contribution in [0.1, 0.15) is 54.6 Å². The molecule has 0 radical (unpaired) electrons. The van der Waals surface area contributed by atoms with Crippen molar-refractivity contribution in [3.05, 3.63) is 77.4 Å². The Morgan fingerprint density at radius 2 is 1.77 bits per heavy atom. The molecule has 0 spiro atoms. The Morgan fingerprint density at radius 1 is 1.03 bits per heavy atom. The molecule has 1 aliphatic carbocycles. The molecule has 30 heavy (non-hydrogen) atoms. The number of amides is 1. The zero-order valence-electron chi connectivity index (χ0n) is 16.8. The maximum absolute atomic E-state index is 12.7. The Morgan fingerprint density at radius 3 is 2.57 bits per heavy atom. The fourth-order valence-corrected chi connectivity index (χ4v) is 4.20.